The Balaban J connectivity index is 1.22. The highest BCUT2D eigenvalue weighted by molar-refractivity contribution is 6.18. The molecule has 0 bridgehead atoms. The molecule has 4 nitrogen and oxygen atoms in total. The van der Waals surface area contributed by atoms with Crippen molar-refractivity contribution in [3.05, 3.63) is 193 Å². The summed E-state index contributed by atoms with van der Waals surface area (Å²) in [5, 5.41) is 10.4. The molecule has 0 amide bonds. The quantitative estimate of drug-likeness (QED) is 0.201. The van der Waals surface area contributed by atoms with E-state index in [1.54, 1.807) is 0 Å². The SMILES string of the molecule is c1ccc(-c2ccc(C3=NC(c4c(-c5ccccc5)ccc5oc6cc7ccccc7cc6c45)N=C(c4ccc5ccccc5c4)N3)cc2)cc1. The van der Waals surface area contributed by atoms with Gasteiger partial charge in [0.1, 0.15) is 22.8 Å². The average molecular weight is 654 g/mol. The van der Waals surface area contributed by atoms with E-state index in [2.05, 4.69) is 175 Å². The van der Waals surface area contributed by atoms with Crippen LogP contribution in [0.3, 0.4) is 0 Å². The van der Waals surface area contributed by atoms with E-state index in [1.165, 1.54) is 10.9 Å². The second kappa shape index (κ2) is 12.0. The molecular formula is C47H31N3O. The van der Waals surface area contributed by atoms with E-state index in [4.69, 9.17) is 14.4 Å². The van der Waals surface area contributed by atoms with E-state index in [1.807, 2.05) is 6.07 Å². The molecular weight excluding hydrogens is 623 g/mol. The third-order valence-corrected chi connectivity index (χ3v) is 9.92. The molecule has 51 heavy (non-hydrogen) atoms. The molecule has 0 radical (unpaired) electrons. The number of furan rings is 1. The van der Waals surface area contributed by atoms with Crippen LogP contribution in [0.4, 0.5) is 0 Å². The van der Waals surface area contributed by atoms with E-state index < -0.39 is 6.17 Å². The summed E-state index contributed by atoms with van der Waals surface area (Å²) in [4.78, 5) is 10.9. The molecule has 1 aliphatic rings. The van der Waals surface area contributed by atoms with Gasteiger partial charge in [-0.2, -0.15) is 0 Å². The topological polar surface area (TPSA) is 49.9 Å². The summed E-state index contributed by atoms with van der Waals surface area (Å²) in [5.41, 5.74) is 9.20. The lowest BCUT2D eigenvalue weighted by Gasteiger charge is -2.24. The first kappa shape index (κ1) is 29.2. The molecule has 1 aliphatic heterocycles. The largest absolute Gasteiger partial charge is 0.456 e. The van der Waals surface area contributed by atoms with Gasteiger partial charge in [-0.05, 0) is 68.1 Å². The first-order valence-electron chi connectivity index (χ1n) is 17.3. The Bertz CT molecular complexity index is 2820. The Kier molecular flexibility index (Phi) is 6.85. The van der Waals surface area contributed by atoms with Crippen LogP contribution in [0.15, 0.2) is 190 Å². The maximum atomic E-state index is 6.60. The van der Waals surface area contributed by atoms with Crippen LogP contribution >= 0.6 is 0 Å². The number of nitrogens with one attached hydrogen (secondary N) is 1. The molecule has 4 heteroatoms. The Morgan fingerprint density at radius 3 is 1.69 bits per heavy atom. The summed E-state index contributed by atoms with van der Waals surface area (Å²) in [6, 6.07) is 61.6. The molecule has 9 aromatic rings. The van der Waals surface area contributed by atoms with Gasteiger partial charge < -0.3 is 9.73 Å². The van der Waals surface area contributed by atoms with Crippen molar-refractivity contribution in [2.45, 2.75) is 6.17 Å². The zero-order chi connectivity index (χ0) is 33.7. The van der Waals surface area contributed by atoms with Crippen LogP contribution in [0.5, 0.6) is 0 Å². The molecule has 1 aromatic heterocycles. The normalized spacial score (nSPS) is 14.5. The number of benzene rings is 8. The maximum Gasteiger partial charge on any atom is 0.171 e. The molecule has 10 rings (SSSR count). The van der Waals surface area contributed by atoms with Crippen molar-refractivity contribution < 1.29 is 4.42 Å². The minimum absolute atomic E-state index is 0.553. The van der Waals surface area contributed by atoms with Crippen molar-refractivity contribution in [2.75, 3.05) is 0 Å². The van der Waals surface area contributed by atoms with Crippen LogP contribution in [0, 0.1) is 0 Å². The fourth-order valence-corrected chi connectivity index (χ4v) is 7.38. The number of aliphatic imine (C=N–C) groups is 2. The van der Waals surface area contributed by atoms with Gasteiger partial charge in [0.25, 0.3) is 0 Å². The summed E-state index contributed by atoms with van der Waals surface area (Å²) in [6.45, 7) is 0. The Labute approximate surface area is 295 Å². The first-order chi connectivity index (χ1) is 25.2. The van der Waals surface area contributed by atoms with Crippen molar-refractivity contribution in [3.63, 3.8) is 0 Å². The molecule has 1 N–H and O–H groups in total. The monoisotopic (exact) mass is 653 g/mol. The molecule has 0 spiro atoms. The van der Waals surface area contributed by atoms with Crippen LogP contribution in [0.25, 0.3) is 65.7 Å². The van der Waals surface area contributed by atoms with E-state index in [0.717, 1.165) is 83.1 Å². The molecule has 8 aromatic carbocycles. The van der Waals surface area contributed by atoms with Gasteiger partial charge in [0, 0.05) is 27.5 Å². The van der Waals surface area contributed by atoms with Crippen LogP contribution in [-0.2, 0) is 0 Å². The van der Waals surface area contributed by atoms with Crippen molar-refractivity contribution in [1.82, 2.24) is 5.32 Å². The molecule has 1 atom stereocenters. The fraction of sp³-hybridized carbons (Fsp3) is 0.0213. The minimum atomic E-state index is -0.553. The highest BCUT2D eigenvalue weighted by atomic mass is 16.3. The second-order valence-corrected chi connectivity index (χ2v) is 13.0. The van der Waals surface area contributed by atoms with Gasteiger partial charge in [0.2, 0.25) is 0 Å². The minimum Gasteiger partial charge on any atom is -0.456 e. The predicted octanol–water partition coefficient (Wildman–Crippen LogP) is 11.7. The Morgan fingerprint density at radius 1 is 0.412 bits per heavy atom. The molecule has 0 saturated heterocycles. The van der Waals surface area contributed by atoms with E-state index >= 15 is 0 Å². The summed E-state index contributed by atoms with van der Waals surface area (Å²) in [5.74, 6) is 1.55. The van der Waals surface area contributed by atoms with E-state index in [0.29, 0.717) is 0 Å². The molecule has 0 aliphatic carbocycles. The molecule has 240 valence electrons. The Hall–Kier alpha value is -6.78. The first-order valence-corrected chi connectivity index (χ1v) is 17.3. The second-order valence-electron chi connectivity index (χ2n) is 13.0. The number of nitrogens with zero attached hydrogens (tertiary/aromatic N) is 2. The van der Waals surface area contributed by atoms with Gasteiger partial charge in [-0.1, -0.05) is 152 Å². The summed E-state index contributed by atoms with van der Waals surface area (Å²) in [7, 11) is 0. The van der Waals surface area contributed by atoms with Crippen LogP contribution in [-0.4, -0.2) is 11.7 Å². The smallest absolute Gasteiger partial charge is 0.171 e. The van der Waals surface area contributed by atoms with Gasteiger partial charge in [0.15, 0.2) is 6.17 Å². The van der Waals surface area contributed by atoms with Crippen molar-refractivity contribution in [2.24, 2.45) is 9.98 Å². The lowest BCUT2D eigenvalue weighted by Crippen LogP contribution is -2.36. The lowest BCUT2D eigenvalue weighted by atomic mass is 9.92. The van der Waals surface area contributed by atoms with Crippen LogP contribution < -0.4 is 5.32 Å². The fourth-order valence-electron chi connectivity index (χ4n) is 7.38. The maximum absolute atomic E-state index is 6.60. The van der Waals surface area contributed by atoms with Crippen LogP contribution in [0.2, 0.25) is 0 Å². The van der Waals surface area contributed by atoms with Gasteiger partial charge in [0.05, 0.1) is 0 Å². The van der Waals surface area contributed by atoms with Crippen LogP contribution in [0.1, 0.15) is 22.9 Å². The van der Waals surface area contributed by atoms with Gasteiger partial charge in [-0.3, -0.25) is 0 Å². The number of amidine groups is 2. The number of rotatable bonds is 5. The molecule has 0 fully saturated rings. The standard InChI is InChI=1S/C47H31N3O/c1-3-11-30(12-4-1)32-19-22-34(23-20-32)45-48-46(38-24-21-31-13-7-8-16-35(31)27-38)50-47(49-45)44-39(33-14-5-2-6-15-33)25-26-41-43(44)40-28-36-17-9-10-18-37(36)29-42(40)51-41/h1-29,47H,(H,48,49,50). The number of hydrogen-bond donors (Lipinski definition) is 1. The molecule has 2 heterocycles. The molecule has 1 unspecified atom stereocenters. The summed E-state index contributed by atoms with van der Waals surface area (Å²) < 4.78 is 6.60. The van der Waals surface area contributed by atoms with Gasteiger partial charge in [-0.25, -0.2) is 9.98 Å². The van der Waals surface area contributed by atoms with E-state index in [9.17, 15) is 0 Å². The zero-order valence-electron chi connectivity index (χ0n) is 27.6. The highest BCUT2D eigenvalue weighted by Crippen LogP contribution is 2.43. The van der Waals surface area contributed by atoms with Crippen molar-refractivity contribution in [3.8, 4) is 22.3 Å². The zero-order valence-corrected chi connectivity index (χ0v) is 27.6. The summed E-state index contributed by atoms with van der Waals surface area (Å²) in [6.07, 6.45) is -0.553. The number of hydrogen-bond acceptors (Lipinski definition) is 4. The van der Waals surface area contributed by atoms with Gasteiger partial charge in [-0.15, -0.1) is 0 Å². The van der Waals surface area contributed by atoms with Crippen molar-refractivity contribution in [1.29, 1.82) is 0 Å². The third-order valence-electron chi connectivity index (χ3n) is 9.92. The average Bonchev–Trinajstić information content (AvgIpc) is 3.57. The Morgan fingerprint density at radius 2 is 0.961 bits per heavy atom. The highest BCUT2D eigenvalue weighted by Gasteiger charge is 2.27. The van der Waals surface area contributed by atoms with E-state index in [-0.39, 0.29) is 0 Å². The lowest BCUT2D eigenvalue weighted by molar-refractivity contribution is 0.668. The third kappa shape index (κ3) is 5.17. The van der Waals surface area contributed by atoms with Gasteiger partial charge >= 0.3 is 0 Å². The predicted molar refractivity (Wildman–Crippen MR) is 211 cm³/mol. The number of fused-ring (bicyclic) bond motifs is 5. The van der Waals surface area contributed by atoms with Crippen molar-refractivity contribution >= 4 is 55.2 Å². The molecule has 0 saturated carbocycles. The summed E-state index contributed by atoms with van der Waals surface area (Å²) >= 11 is 0.